The van der Waals surface area contributed by atoms with Crippen LogP contribution in [0.5, 0.6) is 0 Å². The molecule has 0 radical (unpaired) electrons. The fourth-order valence-corrected chi connectivity index (χ4v) is 20.0. The van der Waals surface area contributed by atoms with Crippen LogP contribution in [0.3, 0.4) is 0 Å². The average Bonchev–Trinajstić information content (AvgIpc) is 1.54. The third-order valence-electron chi connectivity index (χ3n) is 24.7. The minimum absolute atomic E-state index is 0.437. The van der Waals surface area contributed by atoms with Gasteiger partial charge in [0, 0.05) is 70.9 Å². The van der Waals surface area contributed by atoms with E-state index < -0.39 is 10.8 Å². The molecule has 24 rings (SSSR count). The maximum absolute atomic E-state index is 3.78. The molecule has 560 valence electrons. The lowest BCUT2D eigenvalue weighted by Crippen LogP contribution is -2.28. The Morgan fingerprint density at radius 3 is 1.09 bits per heavy atom. The summed E-state index contributed by atoms with van der Waals surface area (Å²) in [5.74, 6) is 0. The topological polar surface area (TPSA) is 25.1 Å². The molecule has 0 unspecified atom stereocenters. The molecule has 0 bridgehead atoms. The number of anilines is 5. The fraction of sp³-hybridized carbons (Fsp3) is 0.0175. The van der Waals surface area contributed by atoms with Crippen molar-refractivity contribution in [1.82, 2.24) is 9.13 Å². The van der Waals surface area contributed by atoms with Crippen LogP contribution >= 0.6 is 15.9 Å². The van der Waals surface area contributed by atoms with E-state index in [4.69, 9.17) is 0 Å². The molecule has 0 aliphatic heterocycles. The molecule has 0 saturated heterocycles. The molecule has 119 heavy (non-hydrogen) atoms. The van der Waals surface area contributed by atoms with Gasteiger partial charge in [-0.3, -0.25) is 0 Å². The number of hydrogen-bond donors (Lipinski definition) is 1. The van der Waals surface area contributed by atoms with Crippen molar-refractivity contribution in [1.29, 1.82) is 0 Å². The van der Waals surface area contributed by atoms with Crippen molar-refractivity contribution in [3.63, 3.8) is 0 Å². The van der Waals surface area contributed by atoms with Gasteiger partial charge in [-0.25, -0.2) is 0 Å². The lowest BCUT2D eigenvalue weighted by Gasteiger charge is -2.35. The number of rotatable bonds is 11. The molecule has 2 heterocycles. The molecule has 5 heteroatoms. The molecule has 1 N–H and O–H groups in total. The summed E-state index contributed by atoms with van der Waals surface area (Å²) in [6.07, 6.45) is 0. The smallest absolute Gasteiger partial charge is 0.0714 e. The monoisotopic (exact) mass is 1580 g/mol. The second kappa shape index (κ2) is 29.4. The molecule has 20 aromatic carbocycles. The van der Waals surface area contributed by atoms with E-state index in [2.05, 4.69) is 490 Å². The number of fused-ring (bicyclic) bond motifs is 16. The van der Waals surface area contributed by atoms with Crippen molar-refractivity contribution in [2.45, 2.75) is 10.8 Å². The van der Waals surface area contributed by atoms with Crippen LogP contribution in [0.4, 0.5) is 28.4 Å². The predicted octanol–water partition coefficient (Wildman–Crippen LogP) is 30.6. The molecular formula is C114H77BrN4. The summed E-state index contributed by atoms with van der Waals surface area (Å²) in [6.45, 7) is 0. The molecule has 2 aromatic heterocycles. The van der Waals surface area contributed by atoms with Gasteiger partial charge in [-0.1, -0.05) is 344 Å². The van der Waals surface area contributed by atoms with Crippen LogP contribution in [0.2, 0.25) is 0 Å². The highest BCUT2D eigenvalue weighted by molar-refractivity contribution is 9.10. The predicted molar refractivity (Wildman–Crippen MR) is 505 cm³/mol. The highest BCUT2D eigenvalue weighted by Crippen LogP contribution is 2.60. The Morgan fingerprint density at radius 2 is 0.580 bits per heavy atom. The molecule has 0 saturated carbocycles. The Kier molecular flexibility index (Phi) is 17.5. The summed E-state index contributed by atoms with van der Waals surface area (Å²) in [6, 6.07) is 168. The second-order valence-electron chi connectivity index (χ2n) is 31.2. The van der Waals surface area contributed by atoms with Crippen LogP contribution in [0.15, 0.2) is 466 Å². The molecule has 22 aromatic rings. The van der Waals surface area contributed by atoms with Gasteiger partial charge in [0.05, 0.1) is 38.6 Å². The highest BCUT2D eigenvalue weighted by Gasteiger charge is 2.48. The zero-order chi connectivity index (χ0) is 79.0. The van der Waals surface area contributed by atoms with Crippen molar-refractivity contribution in [3.05, 3.63) is 510 Å². The van der Waals surface area contributed by atoms with E-state index in [-0.39, 0.29) is 0 Å². The molecule has 0 atom stereocenters. The normalized spacial score (nSPS) is 12.7. The third-order valence-corrected chi connectivity index (χ3v) is 25.2. The number of hydrogen-bond acceptors (Lipinski definition) is 2. The van der Waals surface area contributed by atoms with Crippen LogP contribution in [0.25, 0.3) is 120 Å². The summed E-state index contributed by atoms with van der Waals surface area (Å²) in [5, 5.41) is 18.7. The van der Waals surface area contributed by atoms with E-state index in [0.717, 1.165) is 38.6 Å². The van der Waals surface area contributed by atoms with Crippen molar-refractivity contribution in [2.75, 3.05) is 10.2 Å². The van der Waals surface area contributed by atoms with Crippen molar-refractivity contribution in [2.24, 2.45) is 0 Å². The van der Waals surface area contributed by atoms with Crippen molar-refractivity contribution < 1.29 is 0 Å². The molecule has 2 aliphatic rings. The first kappa shape index (κ1) is 70.7. The summed E-state index contributed by atoms with van der Waals surface area (Å²) in [5.41, 5.74) is 27.2. The van der Waals surface area contributed by atoms with Gasteiger partial charge >= 0.3 is 0 Å². The maximum Gasteiger partial charge on any atom is 0.0714 e. The summed E-state index contributed by atoms with van der Waals surface area (Å²) < 4.78 is 5.82. The highest BCUT2D eigenvalue weighted by atomic mass is 79.9. The van der Waals surface area contributed by atoms with Crippen LogP contribution in [-0.2, 0) is 10.8 Å². The quantitative estimate of drug-likeness (QED) is 0.140. The van der Waals surface area contributed by atoms with Crippen LogP contribution in [0.1, 0.15) is 44.5 Å². The van der Waals surface area contributed by atoms with E-state index in [0.29, 0.717) is 0 Å². The summed E-state index contributed by atoms with van der Waals surface area (Å²) >= 11 is 3.57. The van der Waals surface area contributed by atoms with E-state index in [1.807, 2.05) is 6.07 Å². The molecule has 0 spiro atoms. The van der Waals surface area contributed by atoms with Gasteiger partial charge in [-0.15, -0.1) is 0 Å². The SMILES string of the molecule is Brc1ccc2c(c1)c1ccccc1n2-c1ccccc1.c1ccc(-n2c3ccccc3c3cc(N(c4ccc5c(c4)C(c4ccccc4)(c4ccccc4)c4cc6ccccc6cc4-5)c4cccc5ccccc45)ccc32)cc1.c1ccc(C2(c3ccccc3)c3cc(Nc4cccc5ccccc45)ccc3-c3cc4ccccc4cc32)cc1. The van der Waals surface area contributed by atoms with Crippen molar-refractivity contribution >= 4 is 131 Å². The first-order chi connectivity index (χ1) is 58.9. The minimum Gasteiger partial charge on any atom is -0.355 e. The number of nitrogens with one attached hydrogen (secondary N) is 1. The fourth-order valence-electron chi connectivity index (χ4n) is 19.6. The van der Waals surface area contributed by atoms with E-state index >= 15 is 0 Å². The molecule has 0 amide bonds. The largest absolute Gasteiger partial charge is 0.355 e. The number of halogens is 1. The number of benzene rings is 20. The van der Waals surface area contributed by atoms with Gasteiger partial charge in [0.25, 0.3) is 0 Å². The maximum atomic E-state index is 3.78. The van der Waals surface area contributed by atoms with Gasteiger partial charge in [-0.05, 0) is 233 Å². The first-order valence-corrected chi connectivity index (χ1v) is 41.7. The molecule has 0 fully saturated rings. The number of para-hydroxylation sites is 4. The molecule has 2 aliphatic carbocycles. The van der Waals surface area contributed by atoms with Gasteiger partial charge < -0.3 is 19.4 Å². The zero-order valence-corrected chi connectivity index (χ0v) is 66.7. The average molecular weight is 1580 g/mol. The Labute approximate surface area is 699 Å². The standard InChI is InChI=1S/C57H38N2.C39H27N.C18H12BrN/c1-4-21-42(22-5-1)57(43-23-6-2-7-24-43)52-36-41-19-11-10-18-40(41)35-50(52)48-33-31-46(38-53(48)57)58(54-30-16-20-39-17-12-13-27-47(39)54)45-32-34-56-51(37-45)49-28-14-15-29-55(49)59(56)44-25-8-3-9-26-44;1-3-16-30(17-4-1)39(31-18-5-2-6-19-31)36-25-29-14-8-7-13-28(29)24-35(36)34-23-22-32(26-37(34)39)40-38-21-11-15-27-12-9-10-20-33(27)38;19-13-10-11-18-16(12-13)15-8-4-5-9-17(15)20(18)14-6-2-1-3-7-14/h1-38H;1-26,40H;1-12H. The van der Waals surface area contributed by atoms with Crippen LogP contribution < -0.4 is 10.2 Å². The first-order valence-electron chi connectivity index (χ1n) is 40.9. The van der Waals surface area contributed by atoms with Crippen molar-refractivity contribution in [3.8, 4) is 33.6 Å². The lowest BCUT2D eigenvalue weighted by atomic mass is 9.67. The molecular weight excluding hydrogens is 1510 g/mol. The van der Waals surface area contributed by atoms with Gasteiger partial charge in [0.1, 0.15) is 0 Å². The number of nitrogens with zero attached hydrogens (tertiary/aromatic N) is 3. The van der Waals surface area contributed by atoms with Gasteiger partial charge in [-0.2, -0.15) is 0 Å². The van der Waals surface area contributed by atoms with E-state index in [1.165, 1.54) is 159 Å². The summed E-state index contributed by atoms with van der Waals surface area (Å²) in [4.78, 5) is 2.48. The van der Waals surface area contributed by atoms with E-state index in [9.17, 15) is 0 Å². The zero-order valence-electron chi connectivity index (χ0n) is 65.1. The molecule has 4 nitrogen and oxygen atoms in total. The Balaban J connectivity index is 0.000000121. The number of aromatic nitrogens is 2. The Bertz CT molecular complexity index is 7560. The minimum atomic E-state index is -0.551. The van der Waals surface area contributed by atoms with Crippen LogP contribution in [0, 0.1) is 0 Å². The Hall–Kier alpha value is -14.9. The van der Waals surface area contributed by atoms with Gasteiger partial charge in [0.2, 0.25) is 0 Å². The van der Waals surface area contributed by atoms with Crippen LogP contribution in [-0.4, -0.2) is 9.13 Å². The second-order valence-corrected chi connectivity index (χ2v) is 32.1. The van der Waals surface area contributed by atoms with E-state index in [1.54, 1.807) is 0 Å². The Morgan fingerprint density at radius 1 is 0.227 bits per heavy atom. The third kappa shape index (κ3) is 11.8. The summed E-state index contributed by atoms with van der Waals surface area (Å²) in [7, 11) is 0. The lowest BCUT2D eigenvalue weighted by molar-refractivity contribution is 0.769. The van der Waals surface area contributed by atoms with Gasteiger partial charge in [0.15, 0.2) is 0 Å².